The molecule has 0 spiro atoms. The van der Waals surface area contributed by atoms with Crippen molar-refractivity contribution in [2.45, 2.75) is 25.8 Å². The molecule has 1 fully saturated rings. The van der Waals surface area contributed by atoms with Crippen LogP contribution >= 0.6 is 11.6 Å². The maximum atomic E-state index is 6.04. The van der Waals surface area contributed by atoms with E-state index in [1.54, 1.807) is 6.20 Å². The van der Waals surface area contributed by atoms with E-state index in [1.165, 1.54) is 0 Å². The van der Waals surface area contributed by atoms with Crippen LogP contribution < -0.4 is 5.32 Å². The third kappa shape index (κ3) is 2.61. The fraction of sp³-hybridized carbons (Fsp3) is 0.545. The highest BCUT2D eigenvalue weighted by molar-refractivity contribution is 6.32. The van der Waals surface area contributed by atoms with Gasteiger partial charge in [0.15, 0.2) is 5.15 Å². The second kappa shape index (κ2) is 4.81. The molecule has 1 N–H and O–H groups in total. The average Bonchev–Trinajstić information content (AvgIpc) is 2.25. The lowest BCUT2D eigenvalue weighted by Gasteiger charge is -2.25. The SMILES string of the molecule is Cc1ccnc(Cl)c1NC1CCOCC1. The smallest absolute Gasteiger partial charge is 0.152 e. The molecule has 0 radical (unpaired) electrons. The molecule has 3 nitrogen and oxygen atoms in total. The van der Waals surface area contributed by atoms with Crippen LogP contribution in [0.2, 0.25) is 5.15 Å². The number of aromatic nitrogens is 1. The Morgan fingerprint density at radius 2 is 2.20 bits per heavy atom. The number of aryl methyl sites for hydroxylation is 1. The molecule has 0 aliphatic carbocycles. The Balaban J connectivity index is 2.09. The van der Waals surface area contributed by atoms with Crippen molar-refractivity contribution in [2.24, 2.45) is 0 Å². The predicted molar refractivity (Wildman–Crippen MR) is 61.4 cm³/mol. The van der Waals surface area contributed by atoms with Crippen LogP contribution in [0.5, 0.6) is 0 Å². The van der Waals surface area contributed by atoms with Crippen molar-refractivity contribution >= 4 is 17.3 Å². The summed E-state index contributed by atoms with van der Waals surface area (Å²) < 4.78 is 5.31. The van der Waals surface area contributed by atoms with Gasteiger partial charge in [0, 0.05) is 25.5 Å². The summed E-state index contributed by atoms with van der Waals surface area (Å²) in [5, 5.41) is 4.00. The molecule has 2 rings (SSSR count). The number of anilines is 1. The fourth-order valence-corrected chi connectivity index (χ4v) is 2.00. The summed E-state index contributed by atoms with van der Waals surface area (Å²) in [4.78, 5) is 4.08. The maximum Gasteiger partial charge on any atom is 0.152 e. The van der Waals surface area contributed by atoms with Crippen molar-refractivity contribution in [1.82, 2.24) is 4.98 Å². The summed E-state index contributed by atoms with van der Waals surface area (Å²) in [5.74, 6) is 0. The number of ether oxygens (including phenoxy) is 1. The highest BCUT2D eigenvalue weighted by atomic mass is 35.5. The molecule has 82 valence electrons. The number of rotatable bonds is 2. The first-order chi connectivity index (χ1) is 7.27. The zero-order valence-electron chi connectivity index (χ0n) is 8.79. The summed E-state index contributed by atoms with van der Waals surface area (Å²) in [6, 6.07) is 2.42. The summed E-state index contributed by atoms with van der Waals surface area (Å²) in [5.41, 5.74) is 2.10. The molecule has 4 heteroatoms. The van der Waals surface area contributed by atoms with Crippen LogP contribution in [0.3, 0.4) is 0 Å². The molecule has 1 aromatic rings. The monoisotopic (exact) mass is 226 g/mol. The molecular weight excluding hydrogens is 212 g/mol. The summed E-state index contributed by atoms with van der Waals surface area (Å²) in [6.07, 6.45) is 3.79. The Bertz CT molecular complexity index is 317. The van der Waals surface area contributed by atoms with Gasteiger partial charge in [-0.05, 0) is 31.4 Å². The lowest BCUT2D eigenvalue weighted by atomic mass is 10.1. The van der Waals surface area contributed by atoms with Gasteiger partial charge in [-0.15, -0.1) is 0 Å². The van der Waals surface area contributed by atoms with Crippen LogP contribution in [-0.2, 0) is 4.74 Å². The van der Waals surface area contributed by atoms with Gasteiger partial charge in [0.05, 0.1) is 5.69 Å². The lowest BCUT2D eigenvalue weighted by molar-refractivity contribution is 0.0904. The first-order valence-corrected chi connectivity index (χ1v) is 5.60. The molecule has 1 aliphatic heterocycles. The molecule has 0 unspecified atom stereocenters. The Morgan fingerprint density at radius 1 is 1.47 bits per heavy atom. The Kier molecular flexibility index (Phi) is 3.44. The number of halogens is 1. The minimum absolute atomic E-state index is 0.458. The van der Waals surface area contributed by atoms with Crippen molar-refractivity contribution < 1.29 is 4.74 Å². The van der Waals surface area contributed by atoms with E-state index in [-0.39, 0.29) is 0 Å². The van der Waals surface area contributed by atoms with E-state index in [1.807, 2.05) is 13.0 Å². The van der Waals surface area contributed by atoms with E-state index in [0.717, 1.165) is 37.3 Å². The number of hydrogen-bond donors (Lipinski definition) is 1. The van der Waals surface area contributed by atoms with E-state index in [4.69, 9.17) is 16.3 Å². The third-order valence-corrected chi connectivity index (χ3v) is 2.97. The number of hydrogen-bond acceptors (Lipinski definition) is 3. The first-order valence-electron chi connectivity index (χ1n) is 5.23. The van der Waals surface area contributed by atoms with Gasteiger partial charge in [0.25, 0.3) is 0 Å². The fourth-order valence-electron chi connectivity index (χ4n) is 1.74. The normalized spacial score (nSPS) is 17.7. The Morgan fingerprint density at radius 3 is 2.87 bits per heavy atom. The van der Waals surface area contributed by atoms with Crippen molar-refractivity contribution in [2.75, 3.05) is 18.5 Å². The van der Waals surface area contributed by atoms with Crippen LogP contribution in [0.25, 0.3) is 0 Å². The molecule has 0 aromatic carbocycles. The van der Waals surface area contributed by atoms with Gasteiger partial charge < -0.3 is 10.1 Å². The Labute approximate surface area is 94.8 Å². The maximum absolute atomic E-state index is 6.04. The van der Waals surface area contributed by atoms with Gasteiger partial charge in [-0.1, -0.05) is 11.6 Å². The largest absolute Gasteiger partial charge is 0.381 e. The quantitative estimate of drug-likeness (QED) is 0.788. The third-order valence-electron chi connectivity index (χ3n) is 2.68. The van der Waals surface area contributed by atoms with Crippen molar-refractivity contribution in [1.29, 1.82) is 0 Å². The van der Waals surface area contributed by atoms with Crippen molar-refractivity contribution in [3.8, 4) is 0 Å². The Hall–Kier alpha value is -0.800. The molecular formula is C11H15ClN2O. The molecule has 0 atom stereocenters. The van der Waals surface area contributed by atoms with E-state index in [9.17, 15) is 0 Å². The molecule has 0 amide bonds. The van der Waals surface area contributed by atoms with Gasteiger partial charge in [-0.25, -0.2) is 4.98 Å². The van der Waals surface area contributed by atoms with Crippen LogP contribution in [-0.4, -0.2) is 24.2 Å². The van der Waals surface area contributed by atoms with Gasteiger partial charge in [0.1, 0.15) is 0 Å². The van der Waals surface area contributed by atoms with Gasteiger partial charge in [-0.3, -0.25) is 0 Å². The molecule has 1 saturated heterocycles. The molecule has 0 bridgehead atoms. The van der Waals surface area contributed by atoms with Crippen LogP contribution in [0.1, 0.15) is 18.4 Å². The van der Waals surface area contributed by atoms with Crippen LogP contribution in [0.15, 0.2) is 12.3 Å². The molecule has 1 aromatic heterocycles. The summed E-state index contributed by atoms with van der Waals surface area (Å²) in [6.45, 7) is 3.69. The first kappa shape index (κ1) is 10.7. The molecule has 15 heavy (non-hydrogen) atoms. The van der Waals surface area contributed by atoms with E-state index in [0.29, 0.717) is 11.2 Å². The standard InChI is InChI=1S/C11H15ClN2O/c1-8-2-5-13-11(12)10(8)14-9-3-6-15-7-4-9/h2,5,9,14H,3-4,6-7H2,1H3. The molecule has 0 saturated carbocycles. The second-order valence-electron chi connectivity index (χ2n) is 3.82. The highest BCUT2D eigenvalue weighted by Crippen LogP contribution is 2.25. The van der Waals surface area contributed by atoms with Gasteiger partial charge in [0.2, 0.25) is 0 Å². The zero-order valence-corrected chi connectivity index (χ0v) is 9.55. The highest BCUT2D eigenvalue weighted by Gasteiger charge is 2.15. The van der Waals surface area contributed by atoms with Crippen molar-refractivity contribution in [3.05, 3.63) is 23.0 Å². The van der Waals surface area contributed by atoms with E-state index in [2.05, 4.69) is 10.3 Å². The van der Waals surface area contributed by atoms with E-state index < -0.39 is 0 Å². The van der Waals surface area contributed by atoms with Crippen LogP contribution in [0.4, 0.5) is 5.69 Å². The zero-order chi connectivity index (χ0) is 10.7. The topological polar surface area (TPSA) is 34.2 Å². The minimum atomic E-state index is 0.458. The summed E-state index contributed by atoms with van der Waals surface area (Å²) in [7, 11) is 0. The van der Waals surface area contributed by atoms with Crippen LogP contribution in [0, 0.1) is 6.92 Å². The van der Waals surface area contributed by atoms with Crippen molar-refractivity contribution in [3.63, 3.8) is 0 Å². The predicted octanol–water partition coefficient (Wildman–Crippen LogP) is 2.63. The second-order valence-corrected chi connectivity index (χ2v) is 4.18. The number of nitrogens with zero attached hydrogens (tertiary/aromatic N) is 1. The average molecular weight is 227 g/mol. The van der Waals surface area contributed by atoms with Gasteiger partial charge in [-0.2, -0.15) is 0 Å². The van der Waals surface area contributed by atoms with E-state index >= 15 is 0 Å². The number of pyridine rings is 1. The molecule has 2 heterocycles. The molecule has 1 aliphatic rings. The van der Waals surface area contributed by atoms with Gasteiger partial charge >= 0.3 is 0 Å². The lowest BCUT2D eigenvalue weighted by Crippen LogP contribution is -2.28. The number of nitrogens with one attached hydrogen (secondary N) is 1. The minimum Gasteiger partial charge on any atom is -0.381 e. The summed E-state index contributed by atoms with van der Waals surface area (Å²) >= 11 is 6.04.